The number of aromatic nitrogens is 2. The number of aryl methyl sites for hydroxylation is 1. The highest BCUT2D eigenvalue weighted by Gasteiger charge is 2.11. The van der Waals surface area contributed by atoms with Gasteiger partial charge in [0.05, 0.1) is 6.20 Å². The van der Waals surface area contributed by atoms with Gasteiger partial charge in [-0.05, 0) is 30.0 Å². The number of hydrogen-bond donors (Lipinski definition) is 0. The summed E-state index contributed by atoms with van der Waals surface area (Å²) in [6.45, 7) is 1.91. The Morgan fingerprint density at radius 1 is 1.50 bits per heavy atom. The molecule has 72 valence electrons. The average molecular weight is 229 g/mol. The highest BCUT2D eigenvalue weighted by molar-refractivity contribution is 7.10. The lowest BCUT2D eigenvalue weighted by molar-refractivity contribution is 0.618. The van der Waals surface area contributed by atoms with Crippen LogP contribution in [0.15, 0.2) is 17.6 Å². The smallest absolute Gasteiger partial charge is 0.223 e. The molecule has 0 aliphatic carbocycles. The van der Waals surface area contributed by atoms with E-state index in [1.807, 2.05) is 18.4 Å². The minimum atomic E-state index is -0.448. The molecule has 2 aromatic heterocycles. The summed E-state index contributed by atoms with van der Waals surface area (Å²) >= 11 is 7.14. The van der Waals surface area contributed by atoms with Crippen LogP contribution in [0.25, 0.3) is 11.3 Å². The Hall–Kier alpha value is -1.00. The molecule has 0 aliphatic heterocycles. The quantitative estimate of drug-likeness (QED) is 0.700. The van der Waals surface area contributed by atoms with Gasteiger partial charge in [-0.3, -0.25) is 0 Å². The van der Waals surface area contributed by atoms with Gasteiger partial charge < -0.3 is 0 Å². The van der Waals surface area contributed by atoms with Crippen LogP contribution in [0.4, 0.5) is 4.39 Å². The van der Waals surface area contributed by atoms with Gasteiger partial charge >= 0.3 is 0 Å². The molecular weight excluding hydrogens is 223 g/mol. The normalized spacial score (nSPS) is 10.5. The summed E-state index contributed by atoms with van der Waals surface area (Å²) in [6.07, 6.45) is 1.09. The molecule has 0 spiro atoms. The standard InChI is InChI=1S/C9H6ClFN2S/c1-5-6(2-3-14-5)8-7(11)4-12-9(10)13-8/h2-4H,1H3. The Bertz CT molecular complexity index is 470. The summed E-state index contributed by atoms with van der Waals surface area (Å²) in [5.41, 5.74) is 1.04. The molecule has 2 nitrogen and oxygen atoms in total. The molecule has 0 radical (unpaired) electrons. The first-order chi connectivity index (χ1) is 6.68. The molecule has 0 saturated heterocycles. The zero-order valence-electron chi connectivity index (χ0n) is 7.29. The molecule has 5 heteroatoms. The van der Waals surface area contributed by atoms with Gasteiger partial charge in [-0.25, -0.2) is 14.4 Å². The van der Waals surface area contributed by atoms with Crippen molar-refractivity contribution in [3.63, 3.8) is 0 Å². The van der Waals surface area contributed by atoms with Crippen LogP contribution in [0.1, 0.15) is 4.88 Å². The van der Waals surface area contributed by atoms with Crippen molar-refractivity contribution in [3.8, 4) is 11.3 Å². The van der Waals surface area contributed by atoms with Gasteiger partial charge in [0.2, 0.25) is 5.28 Å². The molecule has 0 unspecified atom stereocenters. The van der Waals surface area contributed by atoms with Crippen molar-refractivity contribution in [1.29, 1.82) is 0 Å². The second-order valence-electron chi connectivity index (χ2n) is 2.73. The van der Waals surface area contributed by atoms with E-state index in [0.29, 0.717) is 0 Å². The second kappa shape index (κ2) is 3.63. The maximum Gasteiger partial charge on any atom is 0.223 e. The molecule has 0 amide bonds. The van der Waals surface area contributed by atoms with E-state index in [9.17, 15) is 4.39 Å². The molecule has 2 aromatic rings. The van der Waals surface area contributed by atoms with Gasteiger partial charge in [-0.2, -0.15) is 0 Å². The molecule has 0 N–H and O–H groups in total. The van der Waals surface area contributed by atoms with E-state index in [1.165, 1.54) is 0 Å². The van der Waals surface area contributed by atoms with E-state index in [-0.39, 0.29) is 11.0 Å². The topological polar surface area (TPSA) is 25.8 Å². The predicted octanol–water partition coefficient (Wildman–Crippen LogP) is 3.31. The largest absolute Gasteiger partial charge is 0.223 e. The van der Waals surface area contributed by atoms with Crippen LogP contribution in [0.2, 0.25) is 5.28 Å². The summed E-state index contributed by atoms with van der Waals surface area (Å²) in [5, 5.41) is 1.95. The minimum absolute atomic E-state index is 0.0620. The van der Waals surface area contributed by atoms with E-state index >= 15 is 0 Å². The Morgan fingerprint density at radius 2 is 2.29 bits per heavy atom. The first-order valence-electron chi connectivity index (χ1n) is 3.91. The monoisotopic (exact) mass is 228 g/mol. The van der Waals surface area contributed by atoms with E-state index in [0.717, 1.165) is 16.6 Å². The van der Waals surface area contributed by atoms with E-state index in [4.69, 9.17) is 11.6 Å². The highest BCUT2D eigenvalue weighted by Crippen LogP contribution is 2.28. The van der Waals surface area contributed by atoms with Gasteiger partial charge in [0.1, 0.15) is 5.69 Å². The molecular formula is C9H6ClFN2S. The van der Waals surface area contributed by atoms with Gasteiger partial charge in [0.25, 0.3) is 0 Å². The van der Waals surface area contributed by atoms with Crippen LogP contribution in [0.5, 0.6) is 0 Å². The van der Waals surface area contributed by atoms with Crippen molar-refractivity contribution in [2.24, 2.45) is 0 Å². The van der Waals surface area contributed by atoms with Crippen LogP contribution in [-0.4, -0.2) is 9.97 Å². The Morgan fingerprint density at radius 3 is 2.93 bits per heavy atom. The van der Waals surface area contributed by atoms with Crippen LogP contribution in [0.3, 0.4) is 0 Å². The number of hydrogen-bond acceptors (Lipinski definition) is 3. The van der Waals surface area contributed by atoms with Crippen molar-refractivity contribution in [3.05, 3.63) is 33.6 Å². The summed E-state index contributed by atoms with van der Waals surface area (Å²) in [6, 6.07) is 1.82. The van der Waals surface area contributed by atoms with E-state index in [2.05, 4.69) is 9.97 Å². The molecule has 0 fully saturated rings. The lowest BCUT2D eigenvalue weighted by atomic mass is 10.2. The average Bonchev–Trinajstić information content (AvgIpc) is 2.56. The van der Waals surface area contributed by atoms with Gasteiger partial charge in [-0.1, -0.05) is 0 Å². The highest BCUT2D eigenvalue weighted by atomic mass is 35.5. The number of halogens is 2. The summed E-state index contributed by atoms with van der Waals surface area (Å²) in [5.74, 6) is -0.448. The van der Waals surface area contributed by atoms with Gasteiger partial charge in [0.15, 0.2) is 5.82 Å². The number of nitrogens with zero attached hydrogens (tertiary/aromatic N) is 2. The molecule has 2 heterocycles. The van der Waals surface area contributed by atoms with Crippen LogP contribution in [-0.2, 0) is 0 Å². The van der Waals surface area contributed by atoms with Crippen molar-refractivity contribution in [2.45, 2.75) is 6.92 Å². The van der Waals surface area contributed by atoms with Crippen molar-refractivity contribution >= 4 is 22.9 Å². The van der Waals surface area contributed by atoms with E-state index in [1.54, 1.807) is 11.3 Å². The van der Waals surface area contributed by atoms with Crippen molar-refractivity contribution < 1.29 is 4.39 Å². The Kier molecular flexibility index (Phi) is 2.48. The molecule has 0 atom stereocenters. The molecule has 0 saturated carbocycles. The third kappa shape index (κ3) is 1.63. The fraction of sp³-hybridized carbons (Fsp3) is 0.111. The lowest BCUT2D eigenvalue weighted by Gasteiger charge is -2.00. The van der Waals surface area contributed by atoms with Crippen LogP contribution >= 0.6 is 22.9 Å². The lowest BCUT2D eigenvalue weighted by Crippen LogP contribution is -1.92. The molecule has 0 bridgehead atoms. The van der Waals surface area contributed by atoms with Crippen LogP contribution < -0.4 is 0 Å². The van der Waals surface area contributed by atoms with E-state index < -0.39 is 5.82 Å². The number of rotatable bonds is 1. The number of thiophene rings is 1. The second-order valence-corrected chi connectivity index (χ2v) is 4.18. The first-order valence-corrected chi connectivity index (χ1v) is 5.17. The zero-order chi connectivity index (χ0) is 10.1. The van der Waals surface area contributed by atoms with Crippen molar-refractivity contribution in [2.75, 3.05) is 0 Å². The minimum Gasteiger partial charge on any atom is -0.223 e. The van der Waals surface area contributed by atoms with Crippen molar-refractivity contribution in [1.82, 2.24) is 9.97 Å². The Labute approximate surface area is 89.4 Å². The third-order valence-electron chi connectivity index (χ3n) is 1.83. The summed E-state index contributed by atoms with van der Waals surface area (Å²) < 4.78 is 13.3. The Balaban J connectivity index is 2.62. The molecule has 0 aliphatic rings. The fourth-order valence-electron chi connectivity index (χ4n) is 1.17. The van der Waals surface area contributed by atoms with Crippen LogP contribution in [0, 0.1) is 12.7 Å². The first kappa shape index (κ1) is 9.55. The maximum absolute atomic E-state index is 13.3. The fourth-order valence-corrected chi connectivity index (χ4v) is 2.00. The molecule has 2 rings (SSSR count). The van der Waals surface area contributed by atoms with Gasteiger partial charge in [0, 0.05) is 10.4 Å². The SMILES string of the molecule is Cc1sccc1-c1nc(Cl)ncc1F. The maximum atomic E-state index is 13.3. The van der Waals surface area contributed by atoms with Gasteiger partial charge in [-0.15, -0.1) is 11.3 Å². The zero-order valence-corrected chi connectivity index (χ0v) is 8.86. The molecule has 14 heavy (non-hydrogen) atoms. The predicted molar refractivity (Wildman–Crippen MR) is 55.1 cm³/mol. The third-order valence-corrected chi connectivity index (χ3v) is 2.86. The summed E-state index contributed by atoms with van der Waals surface area (Å²) in [7, 11) is 0. The summed E-state index contributed by atoms with van der Waals surface area (Å²) in [4.78, 5) is 8.44. The molecule has 0 aromatic carbocycles.